The monoisotopic (exact) mass is 467 g/mol. The summed E-state index contributed by atoms with van der Waals surface area (Å²) in [6.45, 7) is 7.45. The van der Waals surface area contributed by atoms with Crippen molar-refractivity contribution in [2.45, 2.75) is 100 Å². The summed E-state index contributed by atoms with van der Waals surface area (Å²) in [6, 6.07) is 4.24. The van der Waals surface area contributed by atoms with Gasteiger partial charge in [0.05, 0.1) is 11.0 Å². The summed E-state index contributed by atoms with van der Waals surface area (Å²) in [5.41, 5.74) is -0.295. The molecule has 1 saturated carbocycles. The van der Waals surface area contributed by atoms with Crippen molar-refractivity contribution in [3.8, 4) is 11.5 Å². The first kappa shape index (κ1) is 22.9. The fourth-order valence-electron chi connectivity index (χ4n) is 9.47. The number of aliphatic hydroxyl groups is 1. The summed E-state index contributed by atoms with van der Waals surface area (Å²) in [5, 5.41) is 23.0. The number of phenolic OH excluding ortho intramolecular Hbond substituents is 1. The van der Waals surface area contributed by atoms with Crippen LogP contribution >= 0.6 is 0 Å². The lowest BCUT2D eigenvalue weighted by Gasteiger charge is -2.75. The van der Waals surface area contributed by atoms with E-state index in [4.69, 9.17) is 9.47 Å². The quantitative estimate of drug-likeness (QED) is 0.449. The van der Waals surface area contributed by atoms with E-state index in [1.165, 1.54) is 24.0 Å². The Morgan fingerprint density at radius 2 is 2.03 bits per heavy atom. The van der Waals surface area contributed by atoms with Crippen molar-refractivity contribution in [1.82, 2.24) is 4.90 Å². The van der Waals surface area contributed by atoms with Crippen molar-refractivity contribution in [1.29, 1.82) is 0 Å². The maximum atomic E-state index is 12.1. The molecule has 34 heavy (non-hydrogen) atoms. The van der Waals surface area contributed by atoms with Gasteiger partial charge in [-0.15, -0.1) is 0 Å². The predicted octanol–water partition coefficient (Wildman–Crippen LogP) is 4.72. The number of rotatable bonds is 7. The SMILES string of the molecule is CCCCCCC(C)(O)C1CC23C=CC1(OC)C1(C)Oc4c(O)ccc5c4C21CCN(C)C3C5. The predicted molar refractivity (Wildman–Crippen MR) is 132 cm³/mol. The molecule has 2 heterocycles. The van der Waals surface area contributed by atoms with Gasteiger partial charge in [0.15, 0.2) is 11.5 Å². The number of methoxy groups -OCH3 is 1. The number of phenols is 1. The molecule has 0 amide bonds. The summed E-state index contributed by atoms with van der Waals surface area (Å²) in [7, 11) is 4.04. The minimum atomic E-state index is -0.876. The van der Waals surface area contributed by atoms with E-state index >= 15 is 0 Å². The number of ether oxygens (including phenoxy) is 2. The standard InChI is InChI=1S/C29H41NO4/c1-6-7-8-9-12-25(2,32)21-18-27-13-14-29(21,33-5)26(3)28(27)15-16-30(4)22(27)17-19-10-11-20(31)24(34-26)23(19)28/h10-11,13-14,21-22,31-32H,6-9,12,15-18H2,1-5H3. The summed E-state index contributed by atoms with van der Waals surface area (Å²) in [6.07, 6.45) is 12.8. The van der Waals surface area contributed by atoms with Gasteiger partial charge < -0.3 is 24.6 Å². The number of nitrogens with zero attached hydrogens (tertiary/aromatic N) is 1. The van der Waals surface area contributed by atoms with E-state index in [2.05, 4.69) is 44.0 Å². The largest absolute Gasteiger partial charge is 0.504 e. The first-order chi connectivity index (χ1) is 16.1. The fraction of sp³-hybridized carbons (Fsp3) is 0.724. The van der Waals surface area contributed by atoms with Gasteiger partial charge in [0.2, 0.25) is 0 Å². The second kappa shape index (κ2) is 7.02. The first-order valence-electron chi connectivity index (χ1n) is 13.4. The molecule has 6 aliphatic rings. The number of fused-ring (bicyclic) bond motifs is 1. The molecule has 2 fully saturated rings. The smallest absolute Gasteiger partial charge is 0.166 e. The third-order valence-electron chi connectivity index (χ3n) is 11.0. The number of aromatic hydroxyl groups is 1. The third-order valence-corrected chi connectivity index (χ3v) is 11.0. The van der Waals surface area contributed by atoms with Gasteiger partial charge in [-0.1, -0.05) is 50.8 Å². The molecule has 2 aliphatic heterocycles. The molecule has 5 heteroatoms. The zero-order valence-electron chi connectivity index (χ0n) is 21.5. The molecule has 1 aromatic rings. The Labute approximate surface area is 204 Å². The van der Waals surface area contributed by atoms with Gasteiger partial charge >= 0.3 is 0 Å². The van der Waals surface area contributed by atoms with Crippen molar-refractivity contribution >= 4 is 0 Å². The van der Waals surface area contributed by atoms with Crippen LogP contribution in [0.2, 0.25) is 0 Å². The average molecular weight is 468 g/mol. The van der Waals surface area contributed by atoms with Crippen LogP contribution in [-0.2, 0) is 16.6 Å². The summed E-state index contributed by atoms with van der Waals surface area (Å²) in [4.78, 5) is 2.53. The molecule has 1 aromatic carbocycles. The molecule has 4 aliphatic carbocycles. The van der Waals surface area contributed by atoms with E-state index in [0.29, 0.717) is 11.8 Å². The van der Waals surface area contributed by atoms with E-state index in [1.807, 2.05) is 6.92 Å². The van der Waals surface area contributed by atoms with Crippen LogP contribution in [0.4, 0.5) is 0 Å². The van der Waals surface area contributed by atoms with Crippen LogP contribution < -0.4 is 4.74 Å². The number of hydrogen-bond acceptors (Lipinski definition) is 5. The number of unbranched alkanes of at least 4 members (excludes halogenated alkanes) is 3. The summed E-state index contributed by atoms with van der Waals surface area (Å²) >= 11 is 0. The van der Waals surface area contributed by atoms with Crippen molar-refractivity contribution in [2.24, 2.45) is 11.3 Å². The van der Waals surface area contributed by atoms with E-state index in [0.717, 1.165) is 45.1 Å². The maximum Gasteiger partial charge on any atom is 0.166 e. The van der Waals surface area contributed by atoms with Crippen molar-refractivity contribution in [3.63, 3.8) is 0 Å². The van der Waals surface area contributed by atoms with Crippen LogP contribution in [-0.4, -0.2) is 58.7 Å². The number of benzene rings is 1. The average Bonchev–Trinajstić information content (AvgIpc) is 3.11. The van der Waals surface area contributed by atoms with Gasteiger partial charge in [0, 0.05) is 30.0 Å². The Kier molecular flexibility index (Phi) is 4.72. The van der Waals surface area contributed by atoms with E-state index in [9.17, 15) is 10.2 Å². The van der Waals surface area contributed by atoms with Crippen LogP contribution in [0.3, 0.4) is 0 Å². The Balaban J connectivity index is 1.56. The summed E-state index contributed by atoms with van der Waals surface area (Å²) < 4.78 is 13.5. The number of likely N-dealkylation sites (tertiary alicyclic amines) is 1. The van der Waals surface area contributed by atoms with E-state index in [-0.39, 0.29) is 22.5 Å². The van der Waals surface area contributed by atoms with Crippen molar-refractivity contribution in [3.05, 3.63) is 35.4 Å². The molecular formula is C29H41NO4. The highest BCUT2D eigenvalue weighted by Crippen LogP contribution is 2.79. The maximum absolute atomic E-state index is 12.1. The molecule has 7 atom stereocenters. The Morgan fingerprint density at radius 3 is 2.76 bits per heavy atom. The van der Waals surface area contributed by atoms with Crippen molar-refractivity contribution < 1.29 is 19.7 Å². The molecule has 7 unspecified atom stereocenters. The van der Waals surface area contributed by atoms with Crippen LogP contribution in [0.25, 0.3) is 0 Å². The second-order valence-corrected chi connectivity index (χ2v) is 12.2. The molecule has 2 spiro atoms. The van der Waals surface area contributed by atoms with Crippen LogP contribution in [0.1, 0.15) is 76.8 Å². The second-order valence-electron chi connectivity index (χ2n) is 12.2. The zero-order valence-corrected chi connectivity index (χ0v) is 21.5. The van der Waals surface area contributed by atoms with Gasteiger partial charge in [-0.25, -0.2) is 0 Å². The molecule has 2 N–H and O–H groups in total. The molecular weight excluding hydrogens is 426 g/mol. The van der Waals surface area contributed by atoms with Gasteiger partial charge in [-0.3, -0.25) is 0 Å². The fourth-order valence-corrected chi connectivity index (χ4v) is 9.47. The molecule has 5 nitrogen and oxygen atoms in total. The number of hydrogen-bond donors (Lipinski definition) is 2. The van der Waals surface area contributed by atoms with E-state index in [1.54, 1.807) is 13.2 Å². The van der Waals surface area contributed by atoms with E-state index < -0.39 is 16.8 Å². The van der Waals surface area contributed by atoms with Gasteiger partial charge in [-0.2, -0.15) is 0 Å². The van der Waals surface area contributed by atoms with Crippen LogP contribution in [0.5, 0.6) is 11.5 Å². The lowest BCUT2D eigenvalue weighted by Crippen LogP contribution is -2.85. The lowest BCUT2D eigenvalue weighted by atomic mass is 9.32. The highest BCUT2D eigenvalue weighted by molar-refractivity contribution is 5.67. The summed E-state index contributed by atoms with van der Waals surface area (Å²) in [5.74, 6) is 0.785. The van der Waals surface area contributed by atoms with Gasteiger partial charge in [0.1, 0.15) is 11.2 Å². The van der Waals surface area contributed by atoms with Gasteiger partial charge in [0.25, 0.3) is 0 Å². The van der Waals surface area contributed by atoms with Crippen LogP contribution in [0.15, 0.2) is 24.3 Å². The minimum Gasteiger partial charge on any atom is -0.504 e. The van der Waals surface area contributed by atoms with Gasteiger partial charge in [-0.05, 0) is 64.8 Å². The third kappa shape index (κ3) is 2.29. The molecule has 1 saturated heterocycles. The number of likely N-dealkylation sites (N-methyl/N-ethyl adjacent to an activating group) is 1. The molecule has 4 bridgehead atoms. The highest BCUT2D eigenvalue weighted by Gasteiger charge is 2.85. The zero-order chi connectivity index (χ0) is 24.1. The molecule has 7 rings (SSSR count). The van der Waals surface area contributed by atoms with Crippen molar-refractivity contribution in [2.75, 3.05) is 20.7 Å². The number of piperidine rings is 1. The first-order valence-corrected chi connectivity index (χ1v) is 13.4. The minimum absolute atomic E-state index is 0.0956. The topological polar surface area (TPSA) is 62.2 Å². The van der Waals surface area contributed by atoms with Crippen LogP contribution in [0, 0.1) is 11.3 Å². The Hall–Kier alpha value is -1.56. The highest BCUT2D eigenvalue weighted by atomic mass is 16.6. The normalized spacial score (nSPS) is 42.9. The molecule has 186 valence electrons. The molecule has 0 aromatic heterocycles. The lowest BCUT2D eigenvalue weighted by molar-refractivity contribution is -0.286. The Morgan fingerprint density at radius 1 is 1.24 bits per heavy atom. The Bertz CT molecular complexity index is 1050. The molecule has 0 radical (unpaired) electrons.